The molecule has 1 saturated heterocycles. The Morgan fingerprint density at radius 1 is 1.45 bits per heavy atom. The van der Waals surface area contributed by atoms with Crippen LogP contribution in [0.5, 0.6) is 0 Å². The minimum atomic E-state index is 0.709. The molecule has 0 amide bonds. The number of hydrogen-bond donors (Lipinski definition) is 2. The molecule has 1 heterocycles. The Labute approximate surface area is 68.9 Å². The van der Waals surface area contributed by atoms with E-state index in [9.17, 15) is 0 Å². The third-order valence-electron chi connectivity index (χ3n) is 2.47. The van der Waals surface area contributed by atoms with E-state index in [0.717, 1.165) is 25.7 Å². The predicted molar refractivity (Wildman–Crippen MR) is 47.3 cm³/mol. The molecule has 0 spiro atoms. The summed E-state index contributed by atoms with van der Waals surface area (Å²) in [7, 11) is 0. The van der Waals surface area contributed by atoms with Gasteiger partial charge in [0.15, 0.2) is 0 Å². The number of piperidine rings is 1. The first-order valence-electron chi connectivity index (χ1n) is 4.53. The van der Waals surface area contributed by atoms with Gasteiger partial charge in [0.05, 0.1) is 0 Å². The van der Waals surface area contributed by atoms with Gasteiger partial charge in [-0.25, -0.2) is 0 Å². The van der Waals surface area contributed by atoms with Crippen LogP contribution in [0.2, 0.25) is 0 Å². The minimum absolute atomic E-state index is 0.709. The lowest BCUT2D eigenvalue weighted by Gasteiger charge is -2.32. The lowest BCUT2D eigenvalue weighted by Crippen LogP contribution is -2.45. The number of hydrogen-bond acceptors (Lipinski definition) is 3. The van der Waals surface area contributed by atoms with Crippen molar-refractivity contribution in [2.24, 2.45) is 5.73 Å². The lowest BCUT2D eigenvalue weighted by atomic mass is 10.1. The van der Waals surface area contributed by atoms with Gasteiger partial charge in [-0.3, -0.25) is 4.90 Å². The molecular weight excluding hydrogens is 138 g/mol. The maximum absolute atomic E-state index is 5.62. The van der Waals surface area contributed by atoms with Gasteiger partial charge in [0.1, 0.15) is 0 Å². The van der Waals surface area contributed by atoms with E-state index in [1.54, 1.807) is 0 Å². The van der Waals surface area contributed by atoms with E-state index in [1.165, 1.54) is 12.8 Å². The van der Waals surface area contributed by atoms with Crippen LogP contribution in [-0.2, 0) is 0 Å². The van der Waals surface area contributed by atoms with Crippen molar-refractivity contribution in [3.8, 4) is 0 Å². The number of rotatable bonds is 3. The highest BCUT2D eigenvalue weighted by molar-refractivity contribution is 4.75. The summed E-state index contributed by atoms with van der Waals surface area (Å²) in [5.41, 5.74) is 5.62. The van der Waals surface area contributed by atoms with Crippen molar-refractivity contribution < 1.29 is 0 Å². The van der Waals surface area contributed by atoms with Crippen molar-refractivity contribution in [3.05, 3.63) is 0 Å². The van der Waals surface area contributed by atoms with Gasteiger partial charge in [-0.1, -0.05) is 6.92 Å². The predicted octanol–water partition coefficient (Wildman–Crippen LogP) is -0.0235. The van der Waals surface area contributed by atoms with Gasteiger partial charge in [-0.2, -0.15) is 0 Å². The van der Waals surface area contributed by atoms with Crippen LogP contribution in [0.25, 0.3) is 0 Å². The highest BCUT2D eigenvalue weighted by atomic mass is 15.2. The van der Waals surface area contributed by atoms with Crippen molar-refractivity contribution >= 4 is 0 Å². The first-order chi connectivity index (χ1) is 5.38. The van der Waals surface area contributed by atoms with Crippen LogP contribution in [0.3, 0.4) is 0 Å². The minimum Gasteiger partial charge on any atom is -0.318 e. The third kappa shape index (κ3) is 2.43. The summed E-state index contributed by atoms with van der Waals surface area (Å²) in [5.74, 6) is 0. The van der Waals surface area contributed by atoms with Crippen molar-refractivity contribution in [3.63, 3.8) is 0 Å². The van der Waals surface area contributed by atoms with Crippen LogP contribution in [0.1, 0.15) is 19.8 Å². The Kier molecular flexibility index (Phi) is 3.83. The van der Waals surface area contributed by atoms with Gasteiger partial charge >= 0.3 is 0 Å². The first-order valence-corrected chi connectivity index (χ1v) is 4.53. The largest absolute Gasteiger partial charge is 0.318 e. The fourth-order valence-corrected chi connectivity index (χ4v) is 1.71. The molecule has 1 fully saturated rings. The topological polar surface area (TPSA) is 41.3 Å². The summed E-state index contributed by atoms with van der Waals surface area (Å²) in [6.07, 6.45) is 2.51. The molecular formula is C8H19N3. The van der Waals surface area contributed by atoms with E-state index in [2.05, 4.69) is 17.1 Å². The van der Waals surface area contributed by atoms with Crippen LogP contribution in [0.4, 0.5) is 0 Å². The Hall–Kier alpha value is -0.120. The summed E-state index contributed by atoms with van der Waals surface area (Å²) in [6, 6.07) is 0.728. The quantitative estimate of drug-likeness (QED) is 0.566. The maximum atomic E-state index is 5.62. The highest BCUT2D eigenvalue weighted by Crippen LogP contribution is 2.09. The molecule has 0 saturated carbocycles. The second kappa shape index (κ2) is 4.70. The van der Waals surface area contributed by atoms with Gasteiger partial charge in [0.25, 0.3) is 0 Å². The standard InChI is InChI=1S/C8H19N3/c1-2-11(7-9)8-3-5-10-6-4-8/h8,10H,2-7,9H2,1H3. The number of nitrogens with one attached hydrogen (secondary N) is 1. The molecule has 0 aromatic heterocycles. The van der Waals surface area contributed by atoms with Crippen LogP contribution in [0.15, 0.2) is 0 Å². The van der Waals surface area contributed by atoms with Gasteiger partial charge in [0, 0.05) is 12.7 Å². The molecule has 1 aliphatic rings. The molecule has 0 radical (unpaired) electrons. The van der Waals surface area contributed by atoms with Crippen LogP contribution < -0.4 is 11.1 Å². The summed E-state index contributed by atoms with van der Waals surface area (Å²) in [5, 5.41) is 3.35. The first kappa shape index (κ1) is 8.97. The van der Waals surface area contributed by atoms with Gasteiger partial charge in [-0.05, 0) is 32.5 Å². The van der Waals surface area contributed by atoms with E-state index in [1.807, 2.05) is 0 Å². The van der Waals surface area contributed by atoms with Crippen LogP contribution in [0, 0.1) is 0 Å². The van der Waals surface area contributed by atoms with Crippen LogP contribution in [-0.4, -0.2) is 37.2 Å². The SMILES string of the molecule is CCN(CN)C1CCNCC1. The Morgan fingerprint density at radius 3 is 2.55 bits per heavy atom. The maximum Gasteiger partial charge on any atom is 0.0457 e. The molecule has 0 aromatic rings. The summed E-state index contributed by atoms with van der Waals surface area (Å²) < 4.78 is 0. The van der Waals surface area contributed by atoms with Gasteiger partial charge < -0.3 is 11.1 Å². The Morgan fingerprint density at radius 2 is 2.09 bits per heavy atom. The van der Waals surface area contributed by atoms with Crippen molar-refractivity contribution in [2.45, 2.75) is 25.8 Å². The molecule has 3 nitrogen and oxygen atoms in total. The fourth-order valence-electron chi connectivity index (χ4n) is 1.71. The lowest BCUT2D eigenvalue weighted by molar-refractivity contribution is 0.174. The van der Waals surface area contributed by atoms with E-state index >= 15 is 0 Å². The molecule has 3 N–H and O–H groups in total. The second-order valence-electron chi connectivity index (χ2n) is 3.07. The fraction of sp³-hybridized carbons (Fsp3) is 1.00. The third-order valence-corrected chi connectivity index (χ3v) is 2.47. The zero-order valence-corrected chi connectivity index (χ0v) is 7.34. The monoisotopic (exact) mass is 157 g/mol. The average molecular weight is 157 g/mol. The van der Waals surface area contributed by atoms with Gasteiger partial charge in [0.2, 0.25) is 0 Å². The molecule has 1 aliphatic heterocycles. The van der Waals surface area contributed by atoms with E-state index in [0.29, 0.717) is 6.67 Å². The van der Waals surface area contributed by atoms with Crippen molar-refractivity contribution in [1.82, 2.24) is 10.2 Å². The molecule has 0 bridgehead atoms. The second-order valence-corrected chi connectivity index (χ2v) is 3.07. The smallest absolute Gasteiger partial charge is 0.0457 e. The molecule has 0 aliphatic carbocycles. The normalized spacial score (nSPS) is 21.0. The zero-order valence-electron chi connectivity index (χ0n) is 7.34. The average Bonchev–Trinajstić information content (AvgIpc) is 2.09. The molecule has 1 rings (SSSR count). The summed E-state index contributed by atoms with van der Waals surface area (Å²) in [4.78, 5) is 2.35. The Balaban J connectivity index is 2.30. The van der Waals surface area contributed by atoms with Crippen molar-refractivity contribution in [1.29, 1.82) is 0 Å². The Bertz CT molecular complexity index is 95.5. The van der Waals surface area contributed by atoms with Crippen LogP contribution >= 0.6 is 0 Å². The summed E-state index contributed by atoms with van der Waals surface area (Å²) in [6.45, 7) is 6.28. The van der Waals surface area contributed by atoms with E-state index in [4.69, 9.17) is 5.73 Å². The van der Waals surface area contributed by atoms with E-state index < -0.39 is 0 Å². The van der Waals surface area contributed by atoms with Crippen molar-refractivity contribution in [2.75, 3.05) is 26.3 Å². The molecule has 11 heavy (non-hydrogen) atoms. The molecule has 0 aromatic carbocycles. The molecule has 0 atom stereocenters. The molecule has 66 valence electrons. The zero-order chi connectivity index (χ0) is 8.10. The highest BCUT2D eigenvalue weighted by Gasteiger charge is 2.17. The number of nitrogens with zero attached hydrogens (tertiary/aromatic N) is 1. The molecule has 3 heteroatoms. The summed E-state index contributed by atoms with van der Waals surface area (Å²) >= 11 is 0. The van der Waals surface area contributed by atoms with E-state index in [-0.39, 0.29) is 0 Å². The van der Waals surface area contributed by atoms with Gasteiger partial charge in [-0.15, -0.1) is 0 Å². The number of nitrogens with two attached hydrogens (primary N) is 1. The molecule has 0 unspecified atom stereocenters.